The summed E-state index contributed by atoms with van der Waals surface area (Å²) in [4.78, 5) is 8.84. The van der Waals surface area contributed by atoms with Crippen molar-refractivity contribution in [3.05, 3.63) is 42.0 Å². The first-order valence-corrected chi connectivity index (χ1v) is 7.05. The van der Waals surface area contributed by atoms with Crippen molar-refractivity contribution in [3.63, 3.8) is 0 Å². The van der Waals surface area contributed by atoms with Crippen LogP contribution < -0.4 is 10.5 Å². The molecule has 0 spiro atoms. The average molecular weight is 285 g/mol. The summed E-state index contributed by atoms with van der Waals surface area (Å²) in [5.41, 5.74) is 9.81. The molecule has 3 aromatic rings. The zero-order valence-electron chi connectivity index (χ0n) is 11.3. The molecular weight excluding hydrogens is 270 g/mol. The highest BCUT2D eigenvalue weighted by atomic mass is 32.2. The van der Waals surface area contributed by atoms with Crippen LogP contribution in [0.2, 0.25) is 0 Å². The highest BCUT2D eigenvalue weighted by molar-refractivity contribution is 7.99. The lowest BCUT2D eigenvalue weighted by atomic mass is 10.2. The lowest BCUT2D eigenvalue weighted by molar-refractivity contribution is 0.415. The second-order valence-electron chi connectivity index (χ2n) is 4.57. The van der Waals surface area contributed by atoms with Gasteiger partial charge >= 0.3 is 0 Å². The number of rotatable bonds is 3. The summed E-state index contributed by atoms with van der Waals surface area (Å²) in [6, 6.07) is 11.8. The molecule has 0 amide bonds. The van der Waals surface area contributed by atoms with Crippen LogP contribution in [-0.2, 0) is 0 Å². The average Bonchev–Trinajstić information content (AvgIpc) is 2.84. The van der Waals surface area contributed by atoms with Crippen molar-refractivity contribution >= 4 is 28.5 Å². The van der Waals surface area contributed by atoms with Gasteiger partial charge in [0.15, 0.2) is 5.16 Å². The fourth-order valence-electron chi connectivity index (χ4n) is 1.97. The molecule has 20 heavy (non-hydrogen) atoms. The molecule has 102 valence electrons. The number of ether oxygens (including phenoxy) is 1. The first-order chi connectivity index (χ1) is 9.65. The van der Waals surface area contributed by atoms with Gasteiger partial charge in [0.2, 0.25) is 0 Å². The van der Waals surface area contributed by atoms with Crippen molar-refractivity contribution in [1.82, 2.24) is 9.97 Å². The third kappa shape index (κ3) is 2.44. The maximum absolute atomic E-state index is 5.99. The number of aryl methyl sites for hydroxylation is 1. The fourth-order valence-corrected chi connectivity index (χ4v) is 2.92. The molecule has 5 heteroatoms. The topological polar surface area (TPSA) is 63.9 Å². The van der Waals surface area contributed by atoms with Crippen LogP contribution in [-0.4, -0.2) is 17.1 Å². The SMILES string of the molecule is COc1ccc2nc(Sc3cc(C)ccc3N)[nH]c2c1. The summed E-state index contributed by atoms with van der Waals surface area (Å²) in [7, 11) is 1.65. The van der Waals surface area contributed by atoms with Crippen molar-refractivity contribution < 1.29 is 4.74 Å². The van der Waals surface area contributed by atoms with Crippen molar-refractivity contribution in [2.24, 2.45) is 0 Å². The summed E-state index contributed by atoms with van der Waals surface area (Å²) < 4.78 is 5.21. The van der Waals surface area contributed by atoms with Gasteiger partial charge in [0.05, 0.1) is 18.1 Å². The summed E-state index contributed by atoms with van der Waals surface area (Å²) in [5, 5.41) is 0.825. The van der Waals surface area contributed by atoms with Crippen molar-refractivity contribution in [3.8, 4) is 5.75 Å². The summed E-state index contributed by atoms with van der Waals surface area (Å²) >= 11 is 1.54. The van der Waals surface area contributed by atoms with E-state index in [-0.39, 0.29) is 0 Å². The molecule has 0 atom stereocenters. The Morgan fingerprint density at radius 1 is 1.20 bits per heavy atom. The van der Waals surface area contributed by atoms with Crippen LogP contribution in [0.4, 0.5) is 5.69 Å². The van der Waals surface area contributed by atoms with E-state index in [4.69, 9.17) is 10.5 Å². The molecule has 2 aromatic carbocycles. The number of nitrogens with two attached hydrogens (primary N) is 1. The van der Waals surface area contributed by atoms with Gasteiger partial charge in [-0.25, -0.2) is 4.98 Å². The summed E-state index contributed by atoms with van der Waals surface area (Å²) in [6.07, 6.45) is 0. The standard InChI is InChI=1S/C15H15N3OS/c1-9-3-5-11(16)14(7-9)20-15-17-12-6-4-10(19-2)8-13(12)18-15/h3-8H,16H2,1-2H3,(H,17,18). The largest absolute Gasteiger partial charge is 0.497 e. The molecule has 0 bridgehead atoms. The van der Waals surface area contributed by atoms with Gasteiger partial charge in [-0.05, 0) is 48.5 Å². The normalized spacial score (nSPS) is 10.9. The lowest BCUT2D eigenvalue weighted by Crippen LogP contribution is -1.89. The highest BCUT2D eigenvalue weighted by Gasteiger charge is 2.08. The smallest absolute Gasteiger partial charge is 0.171 e. The van der Waals surface area contributed by atoms with E-state index in [1.807, 2.05) is 37.3 Å². The highest BCUT2D eigenvalue weighted by Crippen LogP contribution is 2.32. The van der Waals surface area contributed by atoms with Gasteiger partial charge in [-0.15, -0.1) is 0 Å². The molecule has 3 N–H and O–H groups in total. The van der Waals surface area contributed by atoms with Gasteiger partial charge in [-0.1, -0.05) is 6.07 Å². The predicted molar refractivity (Wildman–Crippen MR) is 82.4 cm³/mol. The molecule has 0 saturated carbocycles. The van der Waals surface area contributed by atoms with E-state index in [1.165, 1.54) is 17.3 Å². The van der Waals surface area contributed by atoms with Crippen LogP contribution in [0.1, 0.15) is 5.56 Å². The Bertz CT molecular complexity index is 767. The molecular formula is C15H15N3OS. The van der Waals surface area contributed by atoms with Gasteiger partial charge in [0.25, 0.3) is 0 Å². The maximum atomic E-state index is 5.99. The zero-order valence-corrected chi connectivity index (χ0v) is 12.1. The molecule has 4 nitrogen and oxygen atoms in total. The van der Waals surface area contributed by atoms with E-state index >= 15 is 0 Å². The number of imidazole rings is 1. The van der Waals surface area contributed by atoms with Gasteiger partial charge in [0.1, 0.15) is 5.75 Å². The first-order valence-electron chi connectivity index (χ1n) is 6.23. The zero-order chi connectivity index (χ0) is 14.1. The van der Waals surface area contributed by atoms with Crippen LogP contribution >= 0.6 is 11.8 Å². The molecule has 3 rings (SSSR count). The second kappa shape index (κ2) is 5.09. The number of methoxy groups -OCH3 is 1. The van der Waals surface area contributed by atoms with Gasteiger partial charge in [-0.2, -0.15) is 0 Å². The number of H-pyrrole nitrogens is 1. The minimum absolute atomic E-state index is 0.763. The Morgan fingerprint density at radius 3 is 2.85 bits per heavy atom. The third-order valence-corrected chi connectivity index (χ3v) is 4.00. The molecule has 0 aliphatic heterocycles. The van der Waals surface area contributed by atoms with Gasteiger partial charge in [0, 0.05) is 16.6 Å². The maximum Gasteiger partial charge on any atom is 0.171 e. The molecule has 1 heterocycles. The predicted octanol–water partition coefficient (Wildman–Crippen LogP) is 3.61. The van der Waals surface area contributed by atoms with Gasteiger partial charge in [-0.3, -0.25) is 0 Å². The number of hydrogen-bond donors (Lipinski definition) is 2. The molecule has 0 radical (unpaired) electrons. The minimum Gasteiger partial charge on any atom is -0.497 e. The number of hydrogen-bond acceptors (Lipinski definition) is 4. The molecule has 0 saturated heterocycles. The van der Waals surface area contributed by atoms with Crippen LogP contribution in [0.25, 0.3) is 11.0 Å². The quantitative estimate of drug-likeness (QED) is 0.721. The van der Waals surface area contributed by atoms with E-state index in [0.717, 1.165) is 32.5 Å². The first kappa shape index (κ1) is 12.9. The minimum atomic E-state index is 0.763. The number of aromatic nitrogens is 2. The monoisotopic (exact) mass is 285 g/mol. The van der Waals surface area contributed by atoms with Crippen molar-refractivity contribution in [2.75, 3.05) is 12.8 Å². The Kier molecular flexibility index (Phi) is 3.28. The molecule has 1 aromatic heterocycles. The number of nitrogen functional groups attached to an aromatic ring is 1. The Hall–Kier alpha value is -2.14. The second-order valence-corrected chi connectivity index (χ2v) is 5.60. The van der Waals surface area contributed by atoms with Crippen LogP contribution in [0.15, 0.2) is 46.5 Å². The fraction of sp³-hybridized carbons (Fsp3) is 0.133. The van der Waals surface area contributed by atoms with Crippen LogP contribution in [0, 0.1) is 6.92 Å². The Balaban J connectivity index is 1.96. The van der Waals surface area contributed by atoms with E-state index in [1.54, 1.807) is 7.11 Å². The number of nitrogens with one attached hydrogen (secondary N) is 1. The van der Waals surface area contributed by atoms with E-state index in [9.17, 15) is 0 Å². The van der Waals surface area contributed by atoms with E-state index in [2.05, 4.69) is 16.0 Å². The molecule has 0 aliphatic rings. The lowest BCUT2D eigenvalue weighted by Gasteiger charge is -2.03. The van der Waals surface area contributed by atoms with Crippen LogP contribution in [0.5, 0.6) is 5.75 Å². The summed E-state index contributed by atoms with van der Waals surface area (Å²) in [5.74, 6) is 0.813. The van der Waals surface area contributed by atoms with Crippen molar-refractivity contribution in [2.45, 2.75) is 17.0 Å². The third-order valence-electron chi connectivity index (χ3n) is 3.04. The number of fused-ring (bicyclic) bond motifs is 1. The van der Waals surface area contributed by atoms with Crippen LogP contribution in [0.3, 0.4) is 0 Å². The molecule has 0 unspecified atom stereocenters. The van der Waals surface area contributed by atoms with Crippen molar-refractivity contribution in [1.29, 1.82) is 0 Å². The summed E-state index contributed by atoms with van der Waals surface area (Å²) in [6.45, 7) is 2.05. The van der Waals surface area contributed by atoms with E-state index in [0.29, 0.717) is 0 Å². The number of aromatic amines is 1. The molecule has 0 aliphatic carbocycles. The van der Waals surface area contributed by atoms with E-state index < -0.39 is 0 Å². The number of anilines is 1. The van der Waals surface area contributed by atoms with Gasteiger partial charge < -0.3 is 15.5 Å². The molecule has 0 fully saturated rings. The Morgan fingerprint density at radius 2 is 2.05 bits per heavy atom. The Labute approximate surface area is 121 Å². The number of benzene rings is 2. The number of nitrogens with zero attached hydrogens (tertiary/aromatic N) is 1.